The van der Waals surface area contributed by atoms with Gasteiger partial charge in [-0.15, -0.1) is 0 Å². The monoisotopic (exact) mass is 347 g/mol. The minimum atomic E-state index is -0.805. The van der Waals surface area contributed by atoms with Gasteiger partial charge in [-0.1, -0.05) is 72.8 Å². The van der Waals surface area contributed by atoms with Gasteiger partial charge in [0.05, 0.1) is 7.11 Å². The molecule has 3 aromatic carbocycles. The van der Waals surface area contributed by atoms with Gasteiger partial charge in [-0.2, -0.15) is 0 Å². The number of carbonyl (C=O) groups is 2. The van der Waals surface area contributed by atoms with Crippen LogP contribution in [0.4, 0.5) is 0 Å². The Morgan fingerprint density at radius 3 is 2.15 bits per heavy atom. The average Bonchev–Trinajstić information content (AvgIpc) is 2.67. The van der Waals surface area contributed by atoms with Crippen molar-refractivity contribution in [3.63, 3.8) is 0 Å². The van der Waals surface area contributed by atoms with Crippen molar-refractivity contribution in [2.75, 3.05) is 7.11 Å². The highest BCUT2D eigenvalue weighted by atomic mass is 16.5. The van der Waals surface area contributed by atoms with Crippen molar-refractivity contribution < 1.29 is 14.3 Å². The molecule has 0 aliphatic rings. The van der Waals surface area contributed by atoms with Crippen LogP contribution in [0.1, 0.15) is 24.0 Å². The molecule has 0 aliphatic heterocycles. The number of carbonyl (C=O) groups excluding carboxylic acids is 2. The first-order valence-corrected chi connectivity index (χ1v) is 8.48. The lowest BCUT2D eigenvalue weighted by Crippen LogP contribution is -2.45. The Balaban J connectivity index is 2.15. The highest BCUT2D eigenvalue weighted by Gasteiger charge is 2.32. The lowest BCUT2D eigenvalue weighted by molar-refractivity contribution is -0.145. The Bertz CT molecular complexity index is 921. The lowest BCUT2D eigenvalue weighted by Gasteiger charge is -2.27. The number of rotatable bonds is 5. The topological polar surface area (TPSA) is 55.4 Å². The molecule has 2 atom stereocenters. The zero-order valence-corrected chi connectivity index (χ0v) is 14.8. The number of fused-ring (bicyclic) bond motifs is 1. The predicted molar refractivity (Wildman–Crippen MR) is 102 cm³/mol. The van der Waals surface area contributed by atoms with Crippen molar-refractivity contribution in [3.8, 4) is 0 Å². The van der Waals surface area contributed by atoms with E-state index in [1.165, 1.54) is 14.0 Å². The van der Waals surface area contributed by atoms with Crippen LogP contribution in [0.3, 0.4) is 0 Å². The zero-order chi connectivity index (χ0) is 18.5. The second-order valence-electron chi connectivity index (χ2n) is 6.20. The smallest absolute Gasteiger partial charge is 0.329 e. The van der Waals surface area contributed by atoms with Crippen LogP contribution >= 0.6 is 0 Å². The molecule has 26 heavy (non-hydrogen) atoms. The zero-order valence-electron chi connectivity index (χ0n) is 14.8. The molecule has 1 N–H and O–H groups in total. The summed E-state index contributed by atoms with van der Waals surface area (Å²) < 4.78 is 4.97. The summed E-state index contributed by atoms with van der Waals surface area (Å²) in [6, 6.07) is 23.0. The van der Waals surface area contributed by atoms with E-state index in [1.807, 2.05) is 66.7 Å². The maximum atomic E-state index is 12.5. The molecular weight excluding hydrogens is 326 g/mol. The molecule has 4 heteroatoms. The fourth-order valence-corrected chi connectivity index (χ4v) is 3.26. The highest BCUT2D eigenvalue weighted by molar-refractivity contribution is 5.86. The van der Waals surface area contributed by atoms with Crippen molar-refractivity contribution in [1.82, 2.24) is 5.32 Å². The number of benzene rings is 3. The molecule has 0 saturated carbocycles. The van der Waals surface area contributed by atoms with E-state index in [0.29, 0.717) is 0 Å². The van der Waals surface area contributed by atoms with E-state index in [9.17, 15) is 9.59 Å². The first-order chi connectivity index (χ1) is 12.6. The minimum Gasteiger partial charge on any atom is -0.467 e. The van der Waals surface area contributed by atoms with Crippen LogP contribution in [-0.4, -0.2) is 25.0 Å². The summed E-state index contributed by atoms with van der Waals surface area (Å²) in [6.07, 6.45) is 0. The highest BCUT2D eigenvalue weighted by Crippen LogP contribution is 2.31. The van der Waals surface area contributed by atoms with Crippen molar-refractivity contribution in [2.24, 2.45) is 0 Å². The van der Waals surface area contributed by atoms with E-state index < -0.39 is 12.0 Å². The van der Waals surface area contributed by atoms with Gasteiger partial charge in [0.1, 0.15) is 6.04 Å². The molecule has 0 heterocycles. The van der Waals surface area contributed by atoms with Crippen LogP contribution in [0.25, 0.3) is 10.8 Å². The first-order valence-electron chi connectivity index (χ1n) is 8.48. The van der Waals surface area contributed by atoms with E-state index >= 15 is 0 Å². The summed E-state index contributed by atoms with van der Waals surface area (Å²) >= 11 is 0. The molecule has 3 rings (SSSR count). The van der Waals surface area contributed by atoms with Gasteiger partial charge in [0.15, 0.2) is 0 Å². The Morgan fingerprint density at radius 2 is 1.50 bits per heavy atom. The largest absolute Gasteiger partial charge is 0.467 e. The minimum absolute atomic E-state index is 0.276. The van der Waals surface area contributed by atoms with Crippen LogP contribution < -0.4 is 5.32 Å². The quantitative estimate of drug-likeness (QED) is 0.717. The Hall–Kier alpha value is -3.14. The molecule has 1 amide bonds. The fraction of sp³-hybridized carbons (Fsp3) is 0.182. The second-order valence-corrected chi connectivity index (χ2v) is 6.20. The number of hydrogen-bond donors (Lipinski definition) is 1. The predicted octanol–water partition coefficient (Wildman–Crippen LogP) is 3.65. The third kappa shape index (κ3) is 3.75. The molecule has 0 aliphatic carbocycles. The maximum absolute atomic E-state index is 12.5. The van der Waals surface area contributed by atoms with Gasteiger partial charge >= 0.3 is 5.97 Å². The lowest BCUT2D eigenvalue weighted by atomic mass is 9.84. The molecule has 3 aromatic rings. The number of hydrogen-bond acceptors (Lipinski definition) is 3. The summed E-state index contributed by atoms with van der Waals surface area (Å²) in [5, 5.41) is 4.97. The van der Waals surface area contributed by atoms with Gasteiger partial charge in [-0.3, -0.25) is 4.79 Å². The number of esters is 1. The SMILES string of the molecule is COC(=O)[C@@H](NC(C)=O)[C@H](c1ccccc1)c1ccc2ccccc2c1. The Morgan fingerprint density at radius 1 is 0.846 bits per heavy atom. The molecule has 0 bridgehead atoms. The third-order valence-corrected chi connectivity index (χ3v) is 4.44. The van der Waals surface area contributed by atoms with Crippen LogP contribution in [0.15, 0.2) is 72.8 Å². The fourth-order valence-electron chi connectivity index (χ4n) is 3.26. The van der Waals surface area contributed by atoms with Crippen LogP contribution in [0.5, 0.6) is 0 Å². The van der Waals surface area contributed by atoms with Crippen LogP contribution in [-0.2, 0) is 14.3 Å². The summed E-state index contributed by atoms with van der Waals surface area (Å²) in [5.41, 5.74) is 1.88. The molecule has 0 spiro atoms. The molecular formula is C22H21NO3. The molecule has 0 aromatic heterocycles. The summed E-state index contributed by atoms with van der Waals surface area (Å²) in [6.45, 7) is 1.40. The number of ether oxygens (including phenoxy) is 1. The van der Waals surface area contributed by atoms with Gasteiger partial charge in [0, 0.05) is 12.8 Å². The van der Waals surface area contributed by atoms with Crippen molar-refractivity contribution in [1.29, 1.82) is 0 Å². The molecule has 0 unspecified atom stereocenters. The summed E-state index contributed by atoms with van der Waals surface area (Å²) in [4.78, 5) is 24.2. The second kappa shape index (κ2) is 7.83. The Kier molecular flexibility index (Phi) is 5.32. The van der Waals surface area contributed by atoms with Crippen molar-refractivity contribution in [3.05, 3.63) is 83.9 Å². The van der Waals surface area contributed by atoms with E-state index in [2.05, 4.69) is 11.4 Å². The average molecular weight is 347 g/mol. The van der Waals surface area contributed by atoms with E-state index in [-0.39, 0.29) is 11.8 Å². The number of methoxy groups -OCH3 is 1. The van der Waals surface area contributed by atoms with Crippen LogP contribution in [0.2, 0.25) is 0 Å². The maximum Gasteiger partial charge on any atom is 0.329 e. The number of amides is 1. The molecule has 0 radical (unpaired) electrons. The van der Waals surface area contributed by atoms with Gasteiger partial charge in [0.25, 0.3) is 0 Å². The van der Waals surface area contributed by atoms with Gasteiger partial charge in [0.2, 0.25) is 5.91 Å². The summed E-state index contributed by atoms with van der Waals surface area (Å²) in [5.74, 6) is -1.10. The van der Waals surface area contributed by atoms with Crippen LogP contribution in [0, 0.1) is 0 Å². The van der Waals surface area contributed by atoms with E-state index in [1.54, 1.807) is 0 Å². The van der Waals surface area contributed by atoms with Crippen molar-refractivity contribution >= 4 is 22.6 Å². The van der Waals surface area contributed by atoms with Crippen molar-refractivity contribution in [2.45, 2.75) is 18.9 Å². The van der Waals surface area contributed by atoms with E-state index in [0.717, 1.165) is 21.9 Å². The third-order valence-electron chi connectivity index (χ3n) is 4.44. The van der Waals surface area contributed by atoms with Gasteiger partial charge in [-0.05, 0) is 21.9 Å². The molecule has 4 nitrogen and oxygen atoms in total. The summed E-state index contributed by atoms with van der Waals surface area (Å²) in [7, 11) is 1.33. The Labute approximate surface area is 152 Å². The molecule has 0 fully saturated rings. The van der Waals surface area contributed by atoms with Gasteiger partial charge in [-0.25, -0.2) is 4.79 Å². The molecule has 0 saturated heterocycles. The normalized spacial score (nSPS) is 13.0. The molecule has 132 valence electrons. The number of nitrogens with one attached hydrogen (secondary N) is 1. The first kappa shape index (κ1) is 17.7. The standard InChI is InChI=1S/C22H21NO3/c1-15(24)23-21(22(25)26-2)20(17-9-4-3-5-10-17)19-13-12-16-8-6-7-11-18(16)14-19/h3-14,20-21H,1-2H3,(H,23,24)/t20-,21+/m1/s1. The van der Waals surface area contributed by atoms with E-state index in [4.69, 9.17) is 4.74 Å². The van der Waals surface area contributed by atoms with Gasteiger partial charge < -0.3 is 10.1 Å².